The van der Waals surface area contributed by atoms with Gasteiger partial charge in [-0.3, -0.25) is 4.79 Å². The quantitative estimate of drug-likeness (QED) is 0.764. The summed E-state index contributed by atoms with van der Waals surface area (Å²) >= 11 is 1.80. The van der Waals surface area contributed by atoms with Crippen molar-refractivity contribution < 1.29 is 4.79 Å². The Balaban J connectivity index is 2.08. The van der Waals surface area contributed by atoms with E-state index in [-0.39, 0.29) is 5.91 Å². The molecule has 0 radical (unpaired) electrons. The lowest BCUT2D eigenvalue weighted by molar-refractivity contribution is -0.118. The summed E-state index contributed by atoms with van der Waals surface area (Å²) in [4.78, 5) is 14.2. The molecule has 0 spiro atoms. The topological polar surface area (TPSA) is 20.3 Å². The van der Waals surface area contributed by atoms with Crippen LogP contribution in [0.5, 0.6) is 0 Å². The van der Waals surface area contributed by atoms with E-state index in [2.05, 4.69) is 25.3 Å². The first-order valence-corrected chi connectivity index (χ1v) is 7.52. The van der Waals surface area contributed by atoms with E-state index in [1.165, 1.54) is 5.56 Å². The molecule has 0 bridgehead atoms. The summed E-state index contributed by atoms with van der Waals surface area (Å²) < 4.78 is 0. The number of carbonyl (C=O) groups is 1. The van der Waals surface area contributed by atoms with Crippen molar-refractivity contribution >= 4 is 23.4 Å². The van der Waals surface area contributed by atoms with E-state index < -0.39 is 0 Å². The number of hydrogen-bond donors (Lipinski definition) is 0. The monoisotopic (exact) mass is 249 g/mol. The normalized spacial score (nSPS) is 18.2. The van der Waals surface area contributed by atoms with E-state index in [9.17, 15) is 4.79 Å². The Bertz CT molecular complexity index is 405. The summed E-state index contributed by atoms with van der Waals surface area (Å²) in [5.41, 5.74) is 2.42. The fraction of sp³-hybridized carbons (Fsp3) is 0.500. The first kappa shape index (κ1) is 12.5. The maximum Gasteiger partial charge on any atom is 0.227 e. The van der Waals surface area contributed by atoms with Gasteiger partial charge in [0, 0.05) is 18.2 Å². The zero-order valence-electron chi connectivity index (χ0n) is 10.5. The van der Waals surface area contributed by atoms with Crippen LogP contribution in [0, 0.1) is 0 Å². The van der Waals surface area contributed by atoms with Crippen LogP contribution in [0.1, 0.15) is 25.3 Å². The van der Waals surface area contributed by atoms with Crippen LogP contribution in [0.3, 0.4) is 0 Å². The number of amides is 1. The number of fused-ring (bicyclic) bond motifs is 1. The Hall–Kier alpha value is -0.960. The molecule has 17 heavy (non-hydrogen) atoms. The molecule has 0 aliphatic carbocycles. The largest absolute Gasteiger partial charge is 0.309 e. The predicted molar refractivity (Wildman–Crippen MR) is 74.7 cm³/mol. The maximum atomic E-state index is 12.2. The van der Waals surface area contributed by atoms with Crippen LogP contribution >= 0.6 is 11.8 Å². The van der Waals surface area contributed by atoms with Gasteiger partial charge in [0.25, 0.3) is 0 Å². The molecule has 92 valence electrons. The van der Waals surface area contributed by atoms with E-state index in [1.807, 2.05) is 17.0 Å². The van der Waals surface area contributed by atoms with Gasteiger partial charge in [-0.15, -0.1) is 0 Å². The van der Waals surface area contributed by atoms with Crippen molar-refractivity contribution in [2.45, 2.75) is 32.2 Å². The average molecular weight is 249 g/mol. The smallest absolute Gasteiger partial charge is 0.227 e. The van der Waals surface area contributed by atoms with Gasteiger partial charge in [0.05, 0.1) is 0 Å². The molecule has 2 nitrogen and oxygen atoms in total. The number of para-hydroxylation sites is 1. The van der Waals surface area contributed by atoms with Crippen molar-refractivity contribution in [3.63, 3.8) is 0 Å². The molecule has 1 aromatic rings. The Morgan fingerprint density at radius 3 is 3.00 bits per heavy atom. The highest BCUT2D eigenvalue weighted by Crippen LogP contribution is 2.32. The highest BCUT2D eigenvalue weighted by atomic mass is 32.2. The van der Waals surface area contributed by atoms with Gasteiger partial charge >= 0.3 is 0 Å². The van der Waals surface area contributed by atoms with Crippen LogP contribution in [-0.2, 0) is 11.2 Å². The van der Waals surface area contributed by atoms with Gasteiger partial charge in [0.15, 0.2) is 0 Å². The number of anilines is 1. The Morgan fingerprint density at radius 1 is 1.47 bits per heavy atom. The first-order valence-electron chi connectivity index (χ1n) is 6.13. The molecule has 1 atom stereocenters. The molecule has 1 aliphatic heterocycles. The van der Waals surface area contributed by atoms with Crippen molar-refractivity contribution in [3.8, 4) is 0 Å². The van der Waals surface area contributed by atoms with E-state index in [4.69, 9.17) is 0 Å². The summed E-state index contributed by atoms with van der Waals surface area (Å²) in [6, 6.07) is 8.56. The molecule has 1 unspecified atom stereocenters. The summed E-state index contributed by atoms with van der Waals surface area (Å²) in [7, 11) is 0. The van der Waals surface area contributed by atoms with Crippen molar-refractivity contribution in [2.24, 2.45) is 0 Å². The molecule has 2 rings (SSSR count). The third-order valence-electron chi connectivity index (χ3n) is 3.22. The molecule has 0 N–H and O–H groups in total. The summed E-state index contributed by atoms with van der Waals surface area (Å²) in [6.07, 6.45) is 4.72. The number of hydrogen-bond acceptors (Lipinski definition) is 2. The van der Waals surface area contributed by atoms with E-state index in [0.717, 1.165) is 24.3 Å². The zero-order valence-corrected chi connectivity index (χ0v) is 11.3. The number of nitrogens with zero attached hydrogens (tertiary/aromatic N) is 1. The van der Waals surface area contributed by atoms with Crippen molar-refractivity contribution in [1.82, 2.24) is 0 Å². The predicted octanol–water partition coefficient (Wildman–Crippen LogP) is 3.11. The fourth-order valence-electron chi connectivity index (χ4n) is 2.43. The molecular weight excluding hydrogens is 230 g/mol. The Morgan fingerprint density at radius 2 is 2.24 bits per heavy atom. The van der Waals surface area contributed by atoms with Crippen LogP contribution < -0.4 is 4.90 Å². The SMILES string of the molecule is CSCCCC(=O)N1c2ccccc2CC1C. The summed E-state index contributed by atoms with van der Waals surface area (Å²) in [5, 5.41) is 0. The van der Waals surface area contributed by atoms with Crippen molar-refractivity contribution in [2.75, 3.05) is 16.9 Å². The second-order valence-corrected chi connectivity index (χ2v) is 5.53. The molecule has 0 saturated carbocycles. The van der Waals surface area contributed by atoms with Gasteiger partial charge in [-0.05, 0) is 43.4 Å². The molecular formula is C14H19NOS. The lowest BCUT2D eigenvalue weighted by Gasteiger charge is -2.22. The summed E-state index contributed by atoms with van der Waals surface area (Å²) in [5.74, 6) is 1.34. The highest BCUT2D eigenvalue weighted by Gasteiger charge is 2.29. The van der Waals surface area contributed by atoms with Gasteiger partial charge in [-0.25, -0.2) is 0 Å². The molecule has 0 saturated heterocycles. The molecule has 0 fully saturated rings. The fourth-order valence-corrected chi connectivity index (χ4v) is 2.87. The molecule has 1 heterocycles. The van der Waals surface area contributed by atoms with Gasteiger partial charge in [0.1, 0.15) is 0 Å². The van der Waals surface area contributed by atoms with Crippen molar-refractivity contribution in [3.05, 3.63) is 29.8 Å². The van der Waals surface area contributed by atoms with E-state index in [1.54, 1.807) is 11.8 Å². The van der Waals surface area contributed by atoms with Gasteiger partial charge in [-0.2, -0.15) is 11.8 Å². The molecule has 1 amide bonds. The zero-order chi connectivity index (χ0) is 12.3. The third kappa shape index (κ3) is 2.65. The molecule has 0 aromatic heterocycles. The summed E-state index contributed by atoms with van der Waals surface area (Å²) in [6.45, 7) is 2.13. The van der Waals surface area contributed by atoms with Crippen LogP contribution in [0.15, 0.2) is 24.3 Å². The van der Waals surface area contributed by atoms with Crippen LogP contribution in [-0.4, -0.2) is 24.0 Å². The van der Waals surface area contributed by atoms with E-state index >= 15 is 0 Å². The first-order chi connectivity index (χ1) is 8.24. The standard InChI is InChI=1S/C14H19NOS/c1-11-10-12-6-3-4-7-13(12)15(11)14(16)8-5-9-17-2/h3-4,6-7,11H,5,8-10H2,1-2H3. The van der Waals surface area contributed by atoms with Crippen LogP contribution in [0.25, 0.3) is 0 Å². The number of rotatable bonds is 4. The second kappa shape index (κ2) is 5.58. The molecule has 1 aliphatic rings. The number of benzene rings is 1. The minimum atomic E-state index is 0.275. The van der Waals surface area contributed by atoms with Gasteiger partial charge in [-0.1, -0.05) is 18.2 Å². The average Bonchev–Trinajstić information content (AvgIpc) is 2.65. The minimum absolute atomic E-state index is 0.275. The Labute approximate surface area is 107 Å². The lowest BCUT2D eigenvalue weighted by Crippen LogP contribution is -2.35. The highest BCUT2D eigenvalue weighted by molar-refractivity contribution is 7.98. The van der Waals surface area contributed by atoms with Gasteiger partial charge < -0.3 is 4.90 Å². The molecule has 1 aromatic carbocycles. The lowest BCUT2D eigenvalue weighted by atomic mass is 10.1. The minimum Gasteiger partial charge on any atom is -0.309 e. The van der Waals surface area contributed by atoms with E-state index in [0.29, 0.717) is 12.5 Å². The van der Waals surface area contributed by atoms with Crippen LogP contribution in [0.4, 0.5) is 5.69 Å². The molecule has 3 heteroatoms. The number of carbonyl (C=O) groups excluding carboxylic acids is 1. The van der Waals surface area contributed by atoms with Gasteiger partial charge in [0.2, 0.25) is 5.91 Å². The van der Waals surface area contributed by atoms with Crippen molar-refractivity contribution in [1.29, 1.82) is 0 Å². The second-order valence-electron chi connectivity index (χ2n) is 4.54. The third-order valence-corrected chi connectivity index (χ3v) is 3.91. The number of thioether (sulfide) groups is 1. The van der Waals surface area contributed by atoms with Crippen LogP contribution in [0.2, 0.25) is 0 Å². The maximum absolute atomic E-state index is 12.2. The Kier molecular flexibility index (Phi) is 4.11.